The number of aromatic nitrogens is 1. The highest BCUT2D eigenvalue weighted by atomic mass is 19.3. The lowest BCUT2D eigenvalue weighted by atomic mass is 10.2. The molecule has 1 N–H and O–H groups in total. The molecule has 0 atom stereocenters. The second-order valence-corrected chi connectivity index (χ2v) is 3.68. The van der Waals surface area contributed by atoms with Gasteiger partial charge in [0.05, 0.1) is 0 Å². The number of nitrogens with zero attached hydrogens (tertiary/aromatic N) is 1. The predicted molar refractivity (Wildman–Crippen MR) is 62.3 cm³/mol. The van der Waals surface area contributed by atoms with Crippen LogP contribution in [0.2, 0.25) is 0 Å². The lowest BCUT2D eigenvalue weighted by molar-refractivity contribution is -0.0498. The average Bonchev–Trinajstić information content (AvgIpc) is 2.75. The van der Waals surface area contributed by atoms with Gasteiger partial charge in [-0.2, -0.15) is 8.78 Å². The van der Waals surface area contributed by atoms with E-state index in [1.54, 1.807) is 13.0 Å². The molecule has 0 saturated heterocycles. The number of hydrogen-bond acceptors (Lipinski definition) is 4. The molecule has 100 valence electrons. The number of nitrogens with one attached hydrogen (secondary N) is 1. The number of ether oxygens (including phenoxy) is 1. The van der Waals surface area contributed by atoms with Crippen molar-refractivity contribution in [3.8, 4) is 5.75 Å². The fourth-order valence-electron chi connectivity index (χ4n) is 1.40. The number of rotatable bonds is 4. The summed E-state index contributed by atoms with van der Waals surface area (Å²) >= 11 is 0. The van der Waals surface area contributed by atoms with Gasteiger partial charge in [-0.1, -0.05) is 5.16 Å². The minimum absolute atomic E-state index is 0.0103. The van der Waals surface area contributed by atoms with Crippen molar-refractivity contribution in [1.82, 2.24) is 5.16 Å². The Hall–Kier alpha value is -2.44. The molecule has 7 heteroatoms. The Labute approximate surface area is 107 Å². The molecule has 0 aliphatic heterocycles. The quantitative estimate of drug-likeness (QED) is 0.926. The highest BCUT2D eigenvalue weighted by Crippen LogP contribution is 2.16. The van der Waals surface area contributed by atoms with Crippen LogP contribution in [0.1, 0.15) is 16.1 Å². The van der Waals surface area contributed by atoms with Crippen molar-refractivity contribution >= 4 is 11.7 Å². The van der Waals surface area contributed by atoms with E-state index in [9.17, 15) is 13.6 Å². The highest BCUT2D eigenvalue weighted by molar-refractivity contribution is 6.03. The monoisotopic (exact) mass is 268 g/mol. The SMILES string of the molecule is Cc1cc(NC(=O)c2ccc(OC(F)F)cc2)no1. The van der Waals surface area contributed by atoms with Gasteiger partial charge in [0.15, 0.2) is 5.82 Å². The van der Waals surface area contributed by atoms with Crippen LogP contribution in [0.15, 0.2) is 34.9 Å². The van der Waals surface area contributed by atoms with Gasteiger partial charge in [-0.05, 0) is 31.2 Å². The Bertz CT molecular complexity index is 567. The molecule has 0 aliphatic rings. The maximum atomic E-state index is 11.9. The molecule has 0 aliphatic carbocycles. The molecule has 2 rings (SSSR count). The van der Waals surface area contributed by atoms with E-state index in [4.69, 9.17) is 4.52 Å². The molecule has 0 spiro atoms. The van der Waals surface area contributed by atoms with Crippen LogP contribution in [-0.4, -0.2) is 17.7 Å². The smallest absolute Gasteiger partial charge is 0.387 e. The fraction of sp³-hybridized carbons (Fsp3) is 0.167. The van der Waals surface area contributed by atoms with E-state index < -0.39 is 12.5 Å². The Morgan fingerprint density at radius 2 is 2.05 bits per heavy atom. The molecule has 0 unspecified atom stereocenters. The van der Waals surface area contributed by atoms with Crippen molar-refractivity contribution in [2.75, 3.05) is 5.32 Å². The van der Waals surface area contributed by atoms with Crippen LogP contribution < -0.4 is 10.1 Å². The number of amides is 1. The van der Waals surface area contributed by atoms with Crippen molar-refractivity contribution in [3.05, 3.63) is 41.7 Å². The van der Waals surface area contributed by atoms with Gasteiger partial charge < -0.3 is 14.6 Å². The van der Waals surface area contributed by atoms with Crippen molar-refractivity contribution in [2.45, 2.75) is 13.5 Å². The Kier molecular flexibility index (Phi) is 3.74. The van der Waals surface area contributed by atoms with Crippen molar-refractivity contribution in [3.63, 3.8) is 0 Å². The molecule has 0 bridgehead atoms. The van der Waals surface area contributed by atoms with Gasteiger partial charge >= 0.3 is 6.61 Å². The second-order valence-electron chi connectivity index (χ2n) is 3.68. The number of carbonyl (C=O) groups excluding carboxylic acids is 1. The Morgan fingerprint density at radius 1 is 1.37 bits per heavy atom. The predicted octanol–water partition coefficient (Wildman–Crippen LogP) is 2.84. The number of benzene rings is 1. The van der Waals surface area contributed by atoms with E-state index in [0.717, 1.165) is 0 Å². The number of anilines is 1. The van der Waals surface area contributed by atoms with Crippen LogP contribution in [0.25, 0.3) is 0 Å². The van der Waals surface area contributed by atoms with Crippen LogP contribution in [0, 0.1) is 6.92 Å². The van der Waals surface area contributed by atoms with Crippen molar-refractivity contribution in [1.29, 1.82) is 0 Å². The first-order valence-corrected chi connectivity index (χ1v) is 5.34. The van der Waals surface area contributed by atoms with E-state index in [0.29, 0.717) is 11.3 Å². The van der Waals surface area contributed by atoms with E-state index in [-0.39, 0.29) is 11.6 Å². The first-order valence-electron chi connectivity index (χ1n) is 5.34. The number of aryl methyl sites for hydroxylation is 1. The van der Waals surface area contributed by atoms with Crippen LogP contribution in [0.4, 0.5) is 14.6 Å². The Morgan fingerprint density at radius 3 is 2.58 bits per heavy atom. The standard InChI is InChI=1S/C12H10F2N2O3/c1-7-6-10(16-19-7)15-11(17)8-2-4-9(5-3-8)18-12(13)14/h2-6,12H,1H3,(H,15,16,17). The zero-order valence-electron chi connectivity index (χ0n) is 9.89. The van der Waals surface area contributed by atoms with Gasteiger partial charge in [0.2, 0.25) is 0 Å². The van der Waals surface area contributed by atoms with Gasteiger partial charge in [0.1, 0.15) is 11.5 Å². The molecule has 0 fully saturated rings. The molecular formula is C12H10F2N2O3. The van der Waals surface area contributed by atoms with Crippen molar-refractivity contribution in [2.24, 2.45) is 0 Å². The highest BCUT2D eigenvalue weighted by Gasteiger charge is 2.10. The van der Waals surface area contributed by atoms with Crippen molar-refractivity contribution < 1.29 is 22.8 Å². The normalized spacial score (nSPS) is 10.5. The van der Waals surface area contributed by atoms with Gasteiger partial charge in [-0.25, -0.2) is 0 Å². The third kappa shape index (κ3) is 3.51. The molecule has 2 aromatic rings. The minimum Gasteiger partial charge on any atom is -0.435 e. The molecule has 5 nitrogen and oxygen atoms in total. The summed E-state index contributed by atoms with van der Waals surface area (Å²) in [5.74, 6) is 0.423. The van der Waals surface area contributed by atoms with E-state index in [2.05, 4.69) is 15.2 Å². The number of hydrogen-bond donors (Lipinski definition) is 1. The van der Waals surface area contributed by atoms with E-state index in [1.807, 2.05) is 0 Å². The lowest BCUT2D eigenvalue weighted by Crippen LogP contribution is -2.12. The lowest BCUT2D eigenvalue weighted by Gasteiger charge is -2.05. The molecule has 19 heavy (non-hydrogen) atoms. The number of carbonyl (C=O) groups is 1. The summed E-state index contributed by atoms with van der Waals surface area (Å²) in [5, 5.41) is 6.11. The first-order chi connectivity index (χ1) is 9.04. The third-order valence-electron chi connectivity index (χ3n) is 2.21. The zero-order chi connectivity index (χ0) is 13.8. The molecule has 0 saturated carbocycles. The van der Waals surface area contributed by atoms with Crippen LogP contribution in [0.3, 0.4) is 0 Å². The molecular weight excluding hydrogens is 258 g/mol. The molecule has 1 aromatic heterocycles. The molecule has 1 amide bonds. The van der Waals surface area contributed by atoms with Crippen LogP contribution >= 0.6 is 0 Å². The topological polar surface area (TPSA) is 64.4 Å². The van der Waals surface area contributed by atoms with Gasteiger partial charge in [-0.3, -0.25) is 4.79 Å². The Balaban J connectivity index is 2.03. The zero-order valence-corrected chi connectivity index (χ0v) is 9.89. The van der Waals surface area contributed by atoms with E-state index in [1.165, 1.54) is 24.3 Å². The first kappa shape index (κ1) is 13.0. The maximum absolute atomic E-state index is 11.9. The van der Waals surface area contributed by atoms with Gasteiger partial charge in [0.25, 0.3) is 5.91 Å². The maximum Gasteiger partial charge on any atom is 0.387 e. The summed E-state index contributed by atoms with van der Waals surface area (Å²) in [5.41, 5.74) is 0.294. The summed E-state index contributed by atoms with van der Waals surface area (Å²) in [4.78, 5) is 11.8. The molecule has 1 aromatic carbocycles. The number of alkyl halides is 2. The average molecular weight is 268 g/mol. The third-order valence-corrected chi connectivity index (χ3v) is 2.21. The minimum atomic E-state index is -2.89. The van der Waals surface area contributed by atoms with Crippen LogP contribution in [-0.2, 0) is 0 Å². The summed E-state index contributed by atoms with van der Waals surface area (Å²) in [6, 6.07) is 6.89. The summed E-state index contributed by atoms with van der Waals surface area (Å²) in [6.45, 7) is -1.20. The van der Waals surface area contributed by atoms with Gasteiger partial charge in [-0.15, -0.1) is 0 Å². The second kappa shape index (κ2) is 5.47. The van der Waals surface area contributed by atoms with Crippen LogP contribution in [0.5, 0.6) is 5.75 Å². The summed E-state index contributed by atoms with van der Waals surface area (Å²) < 4.78 is 32.9. The summed E-state index contributed by atoms with van der Waals surface area (Å²) in [6.07, 6.45) is 0. The van der Waals surface area contributed by atoms with Gasteiger partial charge in [0, 0.05) is 11.6 Å². The molecule has 1 heterocycles. The van der Waals surface area contributed by atoms with E-state index >= 15 is 0 Å². The number of halogens is 2. The fourth-order valence-corrected chi connectivity index (χ4v) is 1.40. The molecule has 0 radical (unpaired) electrons. The summed E-state index contributed by atoms with van der Waals surface area (Å²) in [7, 11) is 0. The largest absolute Gasteiger partial charge is 0.435 e.